The first-order valence-corrected chi connectivity index (χ1v) is 11.7. The molecule has 178 valence electrons. The van der Waals surface area contributed by atoms with Crippen LogP contribution in [0.3, 0.4) is 0 Å². The number of halogens is 1. The molecule has 3 N–H and O–H groups in total. The van der Waals surface area contributed by atoms with E-state index in [-0.39, 0.29) is 19.3 Å². The number of rotatable bonds is 10. The first kappa shape index (κ1) is 25.1. The Morgan fingerprint density at radius 1 is 1.03 bits per heavy atom. The van der Waals surface area contributed by atoms with Crippen LogP contribution in [0.15, 0.2) is 66.7 Å². The lowest BCUT2D eigenvalue weighted by atomic mass is 9.89. The Balaban J connectivity index is 2.02. The van der Waals surface area contributed by atoms with Crippen LogP contribution in [0.25, 0.3) is 10.4 Å². The summed E-state index contributed by atoms with van der Waals surface area (Å²) in [5.41, 5.74) is 5.48. The van der Waals surface area contributed by atoms with Crippen molar-refractivity contribution in [2.45, 2.75) is 44.7 Å². The second-order valence-corrected chi connectivity index (χ2v) is 9.73. The van der Waals surface area contributed by atoms with Gasteiger partial charge in [0.25, 0.3) is 5.91 Å². The Bertz CT molecular complexity index is 1180. The fraction of sp³-hybridized carbons (Fsp3) is 0.269. The van der Waals surface area contributed by atoms with E-state index < -0.39 is 35.2 Å². The molecule has 0 saturated carbocycles. The summed E-state index contributed by atoms with van der Waals surface area (Å²) in [6, 6.07) is 17.9. The number of nitrogens with zero attached hydrogens (tertiary/aromatic N) is 1. The number of primary amides is 1. The third kappa shape index (κ3) is 5.88. The molecule has 0 spiro atoms. The van der Waals surface area contributed by atoms with E-state index in [1.807, 2.05) is 36.4 Å². The van der Waals surface area contributed by atoms with Gasteiger partial charge in [-0.15, -0.1) is 11.3 Å². The summed E-state index contributed by atoms with van der Waals surface area (Å²) in [5.74, 6) is -2.84. The minimum Gasteiger partial charge on any atom is -0.480 e. The lowest BCUT2D eigenvalue weighted by Crippen LogP contribution is -2.57. The standard InChI is InChI=1S/C26H27FN2O4S/c1-26(2,16-18-10-6-7-11-19(18)27)29(20(25(32)33)12-15-23(28)30)24(31)22-14-13-21(34-22)17-8-4-3-5-9-17/h3-11,13-14,20H,12,15-16H2,1-2H3,(H2,28,30)(H,32,33)/t20-/m0/s1. The highest BCUT2D eigenvalue weighted by molar-refractivity contribution is 7.17. The Morgan fingerprint density at radius 2 is 1.68 bits per heavy atom. The maximum atomic E-state index is 14.4. The lowest BCUT2D eigenvalue weighted by molar-refractivity contribution is -0.144. The van der Waals surface area contributed by atoms with Crippen LogP contribution in [0.5, 0.6) is 0 Å². The van der Waals surface area contributed by atoms with Gasteiger partial charge in [-0.1, -0.05) is 48.5 Å². The molecule has 0 aliphatic rings. The first-order valence-electron chi connectivity index (χ1n) is 10.8. The van der Waals surface area contributed by atoms with Crippen LogP contribution in [0.2, 0.25) is 0 Å². The van der Waals surface area contributed by atoms with Crippen LogP contribution in [-0.2, 0) is 16.0 Å². The summed E-state index contributed by atoms with van der Waals surface area (Å²) in [4.78, 5) is 39.9. The fourth-order valence-electron chi connectivity index (χ4n) is 4.00. The first-order chi connectivity index (χ1) is 16.1. The molecular weight excluding hydrogens is 455 g/mol. The average molecular weight is 483 g/mol. The molecule has 0 aliphatic carbocycles. The second-order valence-electron chi connectivity index (χ2n) is 8.64. The van der Waals surface area contributed by atoms with Gasteiger partial charge in [-0.05, 0) is 56.0 Å². The van der Waals surface area contributed by atoms with Gasteiger partial charge in [0.2, 0.25) is 5.91 Å². The SMILES string of the molecule is CC(C)(Cc1ccccc1F)N(C(=O)c1ccc(-c2ccccc2)s1)[C@@H](CCC(N)=O)C(=O)O. The van der Waals surface area contributed by atoms with Crippen molar-refractivity contribution in [1.29, 1.82) is 0 Å². The molecule has 8 heteroatoms. The highest BCUT2D eigenvalue weighted by Gasteiger charge is 2.41. The molecule has 2 amide bonds. The summed E-state index contributed by atoms with van der Waals surface area (Å²) in [6.07, 6.45) is -0.257. The third-order valence-corrected chi connectivity index (χ3v) is 6.71. The minimum absolute atomic E-state index is 0.0860. The maximum absolute atomic E-state index is 14.4. The molecule has 0 aliphatic heterocycles. The third-order valence-electron chi connectivity index (χ3n) is 5.59. The number of hydrogen-bond donors (Lipinski definition) is 2. The van der Waals surface area contributed by atoms with Crippen molar-refractivity contribution in [3.63, 3.8) is 0 Å². The zero-order chi connectivity index (χ0) is 24.9. The molecule has 0 bridgehead atoms. The molecule has 3 aromatic rings. The van der Waals surface area contributed by atoms with E-state index >= 15 is 0 Å². The molecule has 0 saturated heterocycles. The van der Waals surface area contributed by atoms with Crippen LogP contribution in [-0.4, -0.2) is 39.4 Å². The molecule has 0 unspecified atom stereocenters. The van der Waals surface area contributed by atoms with Gasteiger partial charge in [-0.2, -0.15) is 0 Å². The highest BCUT2D eigenvalue weighted by Crippen LogP contribution is 2.33. The number of thiophene rings is 1. The van der Waals surface area contributed by atoms with Gasteiger partial charge in [-0.3, -0.25) is 9.59 Å². The number of amides is 2. The van der Waals surface area contributed by atoms with Gasteiger partial charge in [0, 0.05) is 16.8 Å². The Labute approximate surface area is 201 Å². The predicted octanol–water partition coefficient (Wildman–Crippen LogP) is 4.74. The summed E-state index contributed by atoms with van der Waals surface area (Å²) >= 11 is 1.25. The second kappa shape index (κ2) is 10.6. The highest BCUT2D eigenvalue weighted by atomic mass is 32.1. The van der Waals surface area contributed by atoms with E-state index in [2.05, 4.69) is 0 Å². The van der Waals surface area contributed by atoms with Crippen LogP contribution >= 0.6 is 11.3 Å². The van der Waals surface area contributed by atoms with Crippen molar-refractivity contribution in [1.82, 2.24) is 4.90 Å². The number of benzene rings is 2. The summed E-state index contributed by atoms with van der Waals surface area (Å²) in [5, 5.41) is 10.0. The van der Waals surface area contributed by atoms with Crippen molar-refractivity contribution in [3.8, 4) is 10.4 Å². The maximum Gasteiger partial charge on any atom is 0.326 e. The molecule has 34 heavy (non-hydrogen) atoms. The molecule has 3 rings (SSSR count). The van der Waals surface area contributed by atoms with E-state index in [0.29, 0.717) is 10.4 Å². The Hall–Kier alpha value is -3.52. The Kier molecular flexibility index (Phi) is 7.83. The number of aliphatic carboxylic acids is 1. The molecule has 6 nitrogen and oxygen atoms in total. The average Bonchev–Trinajstić information content (AvgIpc) is 3.28. The van der Waals surface area contributed by atoms with Crippen molar-refractivity contribution >= 4 is 29.1 Å². The van der Waals surface area contributed by atoms with E-state index in [1.165, 1.54) is 22.3 Å². The van der Waals surface area contributed by atoms with Crippen LogP contribution < -0.4 is 5.73 Å². The minimum atomic E-state index is -1.32. The largest absolute Gasteiger partial charge is 0.480 e. The molecular formula is C26H27FN2O4S. The number of carbonyl (C=O) groups is 3. The zero-order valence-corrected chi connectivity index (χ0v) is 19.8. The molecule has 2 aromatic carbocycles. The van der Waals surface area contributed by atoms with E-state index in [1.54, 1.807) is 38.1 Å². The van der Waals surface area contributed by atoms with Crippen LogP contribution in [0.4, 0.5) is 4.39 Å². The van der Waals surface area contributed by atoms with Gasteiger partial charge >= 0.3 is 5.97 Å². The fourth-order valence-corrected chi connectivity index (χ4v) is 4.95. The van der Waals surface area contributed by atoms with Crippen LogP contribution in [0.1, 0.15) is 41.9 Å². The van der Waals surface area contributed by atoms with Gasteiger partial charge in [-0.25, -0.2) is 9.18 Å². The number of hydrogen-bond acceptors (Lipinski definition) is 4. The normalized spacial score (nSPS) is 12.2. The van der Waals surface area contributed by atoms with Crippen molar-refractivity contribution < 1.29 is 23.9 Å². The van der Waals surface area contributed by atoms with Crippen molar-refractivity contribution in [2.75, 3.05) is 0 Å². The molecule has 0 radical (unpaired) electrons. The van der Waals surface area contributed by atoms with Crippen LogP contribution in [0, 0.1) is 5.82 Å². The van der Waals surface area contributed by atoms with E-state index in [4.69, 9.17) is 5.73 Å². The topological polar surface area (TPSA) is 101 Å². The van der Waals surface area contributed by atoms with E-state index in [9.17, 15) is 23.9 Å². The number of carboxylic acids is 1. The monoisotopic (exact) mass is 482 g/mol. The molecule has 1 heterocycles. The summed E-state index contributed by atoms with van der Waals surface area (Å²) in [6.45, 7) is 3.40. The van der Waals surface area contributed by atoms with Gasteiger partial charge < -0.3 is 15.7 Å². The van der Waals surface area contributed by atoms with E-state index in [0.717, 1.165) is 10.4 Å². The lowest BCUT2D eigenvalue weighted by Gasteiger charge is -2.42. The summed E-state index contributed by atoms with van der Waals surface area (Å²) in [7, 11) is 0. The zero-order valence-electron chi connectivity index (χ0n) is 19.0. The quantitative estimate of drug-likeness (QED) is 0.436. The van der Waals surface area contributed by atoms with Gasteiger partial charge in [0.05, 0.1) is 4.88 Å². The smallest absolute Gasteiger partial charge is 0.326 e. The number of nitrogens with two attached hydrogens (primary N) is 1. The molecule has 1 aromatic heterocycles. The molecule has 0 fully saturated rings. The van der Waals surface area contributed by atoms with Crippen molar-refractivity contribution in [2.24, 2.45) is 5.73 Å². The number of carboxylic acid groups (broad SMARTS) is 1. The predicted molar refractivity (Wildman–Crippen MR) is 130 cm³/mol. The summed E-state index contributed by atoms with van der Waals surface area (Å²) < 4.78 is 14.4. The molecule has 1 atom stereocenters. The van der Waals surface area contributed by atoms with Crippen molar-refractivity contribution in [3.05, 3.63) is 83.0 Å². The Morgan fingerprint density at radius 3 is 2.29 bits per heavy atom. The van der Waals surface area contributed by atoms with Gasteiger partial charge in [0.15, 0.2) is 0 Å². The number of carbonyl (C=O) groups excluding carboxylic acids is 2. The van der Waals surface area contributed by atoms with Gasteiger partial charge in [0.1, 0.15) is 11.9 Å².